The van der Waals surface area contributed by atoms with Crippen LogP contribution in [0.25, 0.3) is 0 Å². The minimum atomic E-state index is -0.275. The summed E-state index contributed by atoms with van der Waals surface area (Å²) in [7, 11) is 0. The fourth-order valence-electron chi connectivity index (χ4n) is 2.85. The summed E-state index contributed by atoms with van der Waals surface area (Å²) in [6, 6.07) is 14.9. The van der Waals surface area contributed by atoms with Crippen molar-refractivity contribution in [2.75, 3.05) is 19.8 Å². The minimum absolute atomic E-state index is 0.275. The van der Waals surface area contributed by atoms with Gasteiger partial charge in [-0.3, -0.25) is 0 Å². The molecule has 0 saturated carbocycles. The number of hydrogen-bond donors (Lipinski definition) is 0. The number of carbonyl (C=O) groups is 1. The highest BCUT2D eigenvalue weighted by molar-refractivity contribution is 5.89. The molecule has 0 unspecified atom stereocenters. The molecule has 0 aromatic heterocycles. The molecule has 0 atom stereocenters. The van der Waals surface area contributed by atoms with Crippen LogP contribution in [-0.2, 0) is 4.74 Å². The summed E-state index contributed by atoms with van der Waals surface area (Å²) in [6.07, 6.45) is 7.05. The molecule has 0 spiro atoms. The molecule has 152 valence electrons. The predicted molar refractivity (Wildman–Crippen MR) is 112 cm³/mol. The number of rotatable bonds is 13. The molecule has 0 aliphatic rings. The summed E-state index contributed by atoms with van der Waals surface area (Å²) in [4.78, 5) is 12.1. The van der Waals surface area contributed by atoms with Gasteiger partial charge in [-0.2, -0.15) is 0 Å². The lowest BCUT2D eigenvalue weighted by Gasteiger charge is -2.10. The van der Waals surface area contributed by atoms with E-state index in [4.69, 9.17) is 14.2 Å². The van der Waals surface area contributed by atoms with E-state index in [9.17, 15) is 4.79 Å². The summed E-state index contributed by atoms with van der Waals surface area (Å²) in [5.74, 6) is 1.30. The number of hydrogen-bond acceptors (Lipinski definition) is 4. The number of benzene rings is 2. The van der Waals surface area contributed by atoms with Crippen molar-refractivity contribution in [3.05, 3.63) is 59.7 Å². The molecular formula is C24H32O4. The lowest BCUT2D eigenvalue weighted by atomic mass is 10.1. The maximum absolute atomic E-state index is 12.1. The molecule has 0 bridgehead atoms. The van der Waals surface area contributed by atoms with Crippen molar-refractivity contribution in [1.82, 2.24) is 0 Å². The summed E-state index contributed by atoms with van der Waals surface area (Å²) < 4.78 is 16.7. The number of esters is 1. The van der Waals surface area contributed by atoms with Gasteiger partial charge in [0.1, 0.15) is 24.7 Å². The average molecular weight is 385 g/mol. The second kappa shape index (κ2) is 12.8. The van der Waals surface area contributed by atoms with Crippen molar-refractivity contribution in [2.45, 2.75) is 52.4 Å². The van der Waals surface area contributed by atoms with E-state index in [0.29, 0.717) is 31.1 Å². The SMILES string of the molecule is CCCCCCCCOC(=O)c1ccc(OCCOc2ccccc2C)cc1. The Bertz CT molecular complexity index is 694. The zero-order valence-electron chi connectivity index (χ0n) is 17.1. The minimum Gasteiger partial charge on any atom is -0.490 e. The maximum atomic E-state index is 12.1. The number of carbonyl (C=O) groups excluding carboxylic acids is 1. The zero-order chi connectivity index (χ0) is 20.0. The van der Waals surface area contributed by atoms with E-state index in [2.05, 4.69) is 6.92 Å². The third kappa shape index (κ3) is 8.03. The molecule has 2 rings (SSSR count). The first-order valence-corrected chi connectivity index (χ1v) is 10.3. The van der Waals surface area contributed by atoms with Crippen LogP contribution in [0.4, 0.5) is 0 Å². The van der Waals surface area contributed by atoms with Gasteiger partial charge in [-0.15, -0.1) is 0 Å². The van der Waals surface area contributed by atoms with Gasteiger partial charge in [0, 0.05) is 0 Å². The van der Waals surface area contributed by atoms with Crippen molar-refractivity contribution in [3.8, 4) is 11.5 Å². The normalized spacial score (nSPS) is 10.5. The first-order valence-electron chi connectivity index (χ1n) is 10.3. The van der Waals surface area contributed by atoms with Gasteiger partial charge in [-0.05, 0) is 49.2 Å². The molecule has 0 fully saturated rings. The first kappa shape index (κ1) is 21.8. The van der Waals surface area contributed by atoms with Crippen molar-refractivity contribution < 1.29 is 19.0 Å². The van der Waals surface area contributed by atoms with E-state index in [1.54, 1.807) is 24.3 Å². The highest BCUT2D eigenvalue weighted by Crippen LogP contribution is 2.17. The van der Waals surface area contributed by atoms with E-state index in [-0.39, 0.29) is 5.97 Å². The summed E-state index contributed by atoms with van der Waals surface area (Å²) in [5, 5.41) is 0. The van der Waals surface area contributed by atoms with Gasteiger partial charge in [0.15, 0.2) is 0 Å². The number of aryl methyl sites for hydroxylation is 1. The molecule has 28 heavy (non-hydrogen) atoms. The van der Waals surface area contributed by atoms with Crippen LogP contribution in [0.3, 0.4) is 0 Å². The fraction of sp³-hybridized carbons (Fsp3) is 0.458. The second-order valence-corrected chi connectivity index (χ2v) is 6.89. The Kier molecular flexibility index (Phi) is 9.98. The molecule has 4 nitrogen and oxygen atoms in total. The Morgan fingerprint density at radius 2 is 1.46 bits per heavy atom. The molecule has 2 aromatic rings. The van der Waals surface area contributed by atoms with E-state index in [0.717, 1.165) is 24.2 Å². The molecule has 0 amide bonds. The highest BCUT2D eigenvalue weighted by atomic mass is 16.5. The maximum Gasteiger partial charge on any atom is 0.338 e. The zero-order valence-corrected chi connectivity index (χ0v) is 17.1. The quantitative estimate of drug-likeness (QED) is 0.315. The van der Waals surface area contributed by atoms with Gasteiger partial charge in [-0.25, -0.2) is 4.79 Å². The van der Waals surface area contributed by atoms with Crippen LogP contribution in [0.1, 0.15) is 61.4 Å². The second-order valence-electron chi connectivity index (χ2n) is 6.89. The molecule has 0 aliphatic heterocycles. The van der Waals surface area contributed by atoms with Crippen molar-refractivity contribution in [2.24, 2.45) is 0 Å². The van der Waals surface area contributed by atoms with E-state index in [1.165, 1.54) is 25.7 Å². The third-order valence-corrected chi connectivity index (χ3v) is 4.52. The lowest BCUT2D eigenvalue weighted by Crippen LogP contribution is -2.10. The number of ether oxygens (including phenoxy) is 3. The molecule has 2 aromatic carbocycles. The molecule has 0 heterocycles. The first-order chi connectivity index (χ1) is 13.7. The monoisotopic (exact) mass is 384 g/mol. The fourth-order valence-corrected chi connectivity index (χ4v) is 2.85. The van der Waals surface area contributed by atoms with Crippen LogP contribution in [0.2, 0.25) is 0 Å². The highest BCUT2D eigenvalue weighted by Gasteiger charge is 2.07. The largest absolute Gasteiger partial charge is 0.490 e. The van der Waals surface area contributed by atoms with Gasteiger partial charge in [0.05, 0.1) is 12.2 Å². The Morgan fingerprint density at radius 1 is 0.786 bits per heavy atom. The van der Waals surface area contributed by atoms with Gasteiger partial charge in [0.25, 0.3) is 0 Å². The van der Waals surface area contributed by atoms with Crippen LogP contribution in [0.15, 0.2) is 48.5 Å². The lowest BCUT2D eigenvalue weighted by molar-refractivity contribution is 0.0497. The van der Waals surface area contributed by atoms with Crippen LogP contribution >= 0.6 is 0 Å². The van der Waals surface area contributed by atoms with E-state index >= 15 is 0 Å². The average Bonchev–Trinajstić information content (AvgIpc) is 2.72. The smallest absolute Gasteiger partial charge is 0.338 e. The van der Waals surface area contributed by atoms with Gasteiger partial charge in [-0.1, -0.05) is 57.2 Å². The van der Waals surface area contributed by atoms with Crippen LogP contribution in [0.5, 0.6) is 11.5 Å². The number of unbranched alkanes of at least 4 members (excludes halogenated alkanes) is 5. The molecule has 0 radical (unpaired) electrons. The summed E-state index contributed by atoms with van der Waals surface area (Å²) in [5.41, 5.74) is 1.65. The molecule has 0 N–H and O–H groups in total. The van der Waals surface area contributed by atoms with Gasteiger partial charge in [0.2, 0.25) is 0 Å². The van der Waals surface area contributed by atoms with E-state index in [1.807, 2.05) is 31.2 Å². The van der Waals surface area contributed by atoms with E-state index < -0.39 is 0 Å². The van der Waals surface area contributed by atoms with Crippen LogP contribution in [-0.4, -0.2) is 25.8 Å². The Labute approximate surface area is 168 Å². The predicted octanol–water partition coefficient (Wildman–Crippen LogP) is 5.97. The summed E-state index contributed by atoms with van der Waals surface area (Å²) >= 11 is 0. The van der Waals surface area contributed by atoms with Gasteiger partial charge < -0.3 is 14.2 Å². The Balaban J connectivity index is 1.62. The molecule has 4 heteroatoms. The van der Waals surface area contributed by atoms with Crippen molar-refractivity contribution in [3.63, 3.8) is 0 Å². The Hall–Kier alpha value is -2.49. The van der Waals surface area contributed by atoms with Crippen LogP contribution < -0.4 is 9.47 Å². The van der Waals surface area contributed by atoms with Crippen molar-refractivity contribution >= 4 is 5.97 Å². The Morgan fingerprint density at radius 3 is 2.21 bits per heavy atom. The summed E-state index contributed by atoms with van der Waals surface area (Å²) in [6.45, 7) is 5.61. The van der Waals surface area contributed by atoms with Crippen LogP contribution in [0, 0.1) is 6.92 Å². The topological polar surface area (TPSA) is 44.8 Å². The van der Waals surface area contributed by atoms with Crippen molar-refractivity contribution in [1.29, 1.82) is 0 Å². The molecular weight excluding hydrogens is 352 g/mol. The number of para-hydroxylation sites is 1. The molecule has 0 aliphatic carbocycles. The third-order valence-electron chi connectivity index (χ3n) is 4.52. The molecule has 0 saturated heterocycles. The standard InChI is InChI=1S/C24H32O4/c1-3-4-5-6-7-10-17-28-24(25)21-13-15-22(16-14-21)26-18-19-27-23-12-9-8-11-20(23)2/h8-9,11-16H,3-7,10,17-19H2,1-2H3. The van der Waals surface area contributed by atoms with Gasteiger partial charge >= 0.3 is 5.97 Å².